The van der Waals surface area contributed by atoms with Gasteiger partial charge in [-0.1, -0.05) is 40.2 Å². The third-order valence-corrected chi connectivity index (χ3v) is 4.09. The quantitative estimate of drug-likeness (QED) is 0.848. The molecule has 4 nitrogen and oxygen atoms in total. The molecule has 1 atom stereocenters. The van der Waals surface area contributed by atoms with Crippen molar-refractivity contribution in [2.24, 2.45) is 10.7 Å². The SMILES string of the molecule is NC1=NC(c2ccc(OC(F)(F)F)cc2)(c2cccc(Br)c2)CO1. The number of nitrogens with zero attached hydrogens (tertiary/aromatic N) is 1. The van der Waals surface area contributed by atoms with Crippen molar-refractivity contribution in [3.05, 3.63) is 64.1 Å². The van der Waals surface area contributed by atoms with Crippen LogP contribution in [0.25, 0.3) is 0 Å². The summed E-state index contributed by atoms with van der Waals surface area (Å²) >= 11 is 3.40. The van der Waals surface area contributed by atoms with Gasteiger partial charge in [-0.15, -0.1) is 13.2 Å². The van der Waals surface area contributed by atoms with E-state index in [0.29, 0.717) is 5.56 Å². The maximum Gasteiger partial charge on any atom is 0.573 e. The molecule has 126 valence electrons. The Hall–Kier alpha value is -2.22. The zero-order valence-electron chi connectivity index (χ0n) is 12.2. The number of hydrogen-bond acceptors (Lipinski definition) is 4. The highest BCUT2D eigenvalue weighted by molar-refractivity contribution is 9.10. The standard InChI is InChI=1S/C16H12BrF3N2O2/c17-12-3-1-2-11(8-12)15(9-23-14(21)22-15)10-4-6-13(7-5-10)24-16(18,19)20/h1-8H,9H2,(H2,21,22). The van der Waals surface area contributed by atoms with Crippen LogP contribution in [0, 0.1) is 0 Å². The van der Waals surface area contributed by atoms with Crippen molar-refractivity contribution >= 4 is 22.0 Å². The van der Waals surface area contributed by atoms with Crippen molar-refractivity contribution in [1.82, 2.24) is 0 Å². The lowest BCUT2D eigenvalue weighted by Gasteiger charge is -2.25. The first-order chi connectivity index (χ1) is 11.3. The van der Waals surface area contributed by atoms with Crippen molar-refractivity contribution < 1.29 is 22.6 Å². The zero-order chi connectivity index (χ0) is 17.4. The monoisotopic (exact) mass is 400 g/mol. The van der Waals surface area contributed by atoms with Crippen molar-refractivity contribution in [2.45, 2.75) is 11.9 Å². The topological polar surface area (TPSA) is 56.8 Å². The first-order valence-electron chi connectivity index (χ1n) is 6.89. The van der Waals surface area contributed by atoms with Crippen LogP contribution >= 0.6 is 15.9 Å². The molecular weight excluding hydrogens is 389 g/mol. The van der Waals surface area contributed by atoms with Crippen molar-refractivity contribution in [3.63, 3.8) is 0 Å². The largest absolute Gasteiger partial charge is 0.573 e. The van der Waals surface area contributed by atoms with Crippen LogP contribution in [0.5, 0.6) is 5.75 Å². The van der Waals surface area contributed by atoms with Gasteiger partial charge in [-0.3, -0.25) is 0 Å². The van der Waals surface area contributed by atoms with Crippen molar-refractivity contribution in [2.75, 3.05) is 6.61 Å². The molecule has 0 saturated heterocycles. The van der Waals surface area contributed by atoms with Crippen LogP contribution < -0.4 is 10.5 Å². The first kappa shape index (κ1) is 16.6. The molecule has 0 aliphatic carbocycles. The predicted octanol–water partition coefficient (Wildman–Crippen LogP) is 3.94. The Morgan fingerprint density at radius 3 is 2.38 bits per heavy atom. The second-order valence-electron chi connectivity index (χ2n) is 5.18. The number of rotatable bonds is 3. The Morgan fingerprint density at radius 2 is 1.83 bits per heavy atom. The predicted molar refractivity (Wildman–Crippen MR) is 85.6 cm³/mol. The van der Waals surface area contributed by atoms with Gasteiger partial charge in [0.1, 0.15) is 12.4 Å². The number of alkyl halides is 3. The minimum Gasteiger partial charge on any atom is -0.462 e. The average molecular weight is 401 g/mol. The molecular formula is C16H12BrF3N2O2. The maximum absolute atomic E-state index is 12.3. The molecule has 24 heavy (non-hydrogen) atoms. The Kier molecular flexibility index (Phi) is 4.16. The second kappa shape index (κ2) is 6.01. The van der Waals surface area contributed by atoms with E-state index in [-0.39, 0.29) is 18.4 Å². The average Bonchev–Trinajstić information content (AvgIpc) is 2.90. The van der Waals surface area contributed by atoms with E-state index < -0.39 is 11.9 Å². The molecule has 8 heteroatoms. The molecule has 0 amide bonds. The first-order valence-corrected chi connectivity index (χ1v) is 7.68. The molecule has 1 aliphatic heterocycles. The van der Waals surface area contributed by atoms with Gasteiger partial charge >= 0.3 is 6.36 Å². The molecule has 0 spiro atoms. The third kappa shape index (κ3) is 3.33. The zero-order valence-corrected chi connectivity index (χ0v) is 13.8. The third-order valence-electron chi connectivity index (χ3n) is 3.60. The number of amidine groups is 1. The number of nitrogens with two attached hydrogens (primary N) is 1. The van der Waals surface area contributed by atoms with Crippen LogP contribution in [0.4, 0.5) is 13.2 Å². The lowest BCUT2D eigenvalue weighted by Crippen LogP contribution is -2.27. The summed E-state index contributed by atoms with van der Waals surface area (Å²) in [6.07, 6.45) is -4.73. The fraction of sp³-hybridized carbons (Fsp3) is 0.188. The molecule has 1 heterocycles. The summed E-state index contributed by atoms with van der Waals surface area (Å²) in [5.41, 5.74) is 6.22. The van der Waals surface area contributed by atoms with Crippen LogP contribution in [0.15, 0.2) is 58.0 Å². The number of halogens is 4. The molecule has 2 N–H and O–H groups in total. The summed E-state index contributed by atoms with van der Waals surface area (Å²) in [4.78, 5) is 4.39. The van der Waals surface area contributed by atoms with Gasteiger partial charge in [0.05, 0.1) is 0 Å². The highest BCUT2D eigenvalue weighted by atomic mass is 79.9. The minimum absolute atomic E-state index is 0.0330. The molecule has 2 aromatic rings. The van der Waals surface area contributed by atoms with Gasteiger partial charge in [-0.05, 0) is 35.4 Å². The van der Waals surface area contributed by atoms with Gasteiger partial charge in [-0.25, -0.2) is 4.99 Å². The summed E-state index contributed by atoms with van der Waals surface area (Å²) in [6.45, 7) is 0.161. The molecule has 0 fully saturated rings. The van der Waals surface area contributed by atoms with E-state index in [9.17, 15) is 13.2 Å². The Labute approximate surface area is 144 Å². The fourth-order valence-electron chi connectivity index (χ4n) is 2.57. The lowest BCUT2D eigenvalue weighted by molar-refractivity contribution is -0.274. The second-order valence-corrected chi connectivity index (χ2v) is 6.10. The lowest BCUT2D eigenvalue weighted by atomic mass is 9.84. The highest BCUT2D eigenvalue weighted by Gasteiger charge is 2.40. The van der Waals surface area contributed by atoms with E-state index in [0.717, 1.165) is 10.0 Å². The van der Waals surface area contributed by atoms with Crippen molar-refractivity contribution in [3.8, 4) is 5.75 Å². The molecule has 0 bridgehead atoms. The van der Waals surface area contributed by atoms with E-state index in [1.54, 1.807) is 0 Å². The number of aliphatic imine (C=N–C) groups is 1. The summed E-state index contributed by atoms with van der Waals surface area (Å²) in [5, 5.41) is 0. The molecule has 3 rings (SSSR count). The maximum atomic E-state index is 12.3. The highest BCUT2D eigenvalue weighted by Crippen LogP contribution is 2.39. The van der Waals surface area contributed by atoms with Crippen LogP contribution in [0.2, 0.25) is 0 Å². The summed E-state index contributed by atoms with van der Waals surface area (Å²) in [6, 6.07) is 13.0. The molecule has 0 radical (unpaired) electrons. The summed E-state index contributed by atoms with van der Waals surface area (Å²) in [7, 11) is 0. The Balaban J connectivity index is 2.02. The molecule has 1 aliphatic rings. The Bertz CT molecular complexity index is 778. The Morgan fingerprint density at radius 1 is 1.12 bits per heavy atom. The van der Waals surface area contributed by atoms with Gasteiger partial charge in [0.25, 0.3) is 6.02 Å². The summed E-state index contributed by atoms with van der Waals surface area (Å²) in [5.74, 6) is -0.300. The van der Waals surface area contributed by atoms with Gasteiger partial charge in [-0.2, -0.15) is 0 Å². The van der Waals surface area contributed by atoms with Gasteiger partial charge in [0.2, 0.25) is 0 Å². The number of hydrogen-bond donors (Lipinski definition) is 1. The van der Waals surface area contributed by atoms with Crippen LogP contribution in [-0.2, 0) is 10.3 Å². The van der Waals surface area contributed by atoms with Gasteiger partial charge < -0.3 is 15.2 Å². The van der Waals surface area contributed by atoms with Gasteiger partial charge in [0.15, 0.2) is 5.54 Å². The molecule has 0 aromatic heterocycles. The normalized spacial score (nSPS) is 20.4. The number of ether oxygens (including phenoxy) is 2. The minimum atomic E-state index is -4.73. The van der Waals surface area contributed by atoms with E-state index in [1.807, 2.05) is 24.3 Å². The molecule has 0 saturated carbocycles. The van der Waals surface area contributed by atoms with Crippen LogP contribution in [0.3, 0.4) is 0 Å². The van der Waals surface area contributed by atoms with Crippen LogP contribution in [-0.4, -0.2) is 19.0 Å². The van der Waals surface area contributed by atoms with E-state index >= 15 is 0 Å². The van der Waals surface area contributed by atoms with E-state index in [4.69, 9.17) is 10.5 Å². The van der Waals surface area contributed by atoms with Crippen LogP contribution in [0.1, 0.15) is 11.1 Å². The smallest absolute Gasteiger partial charge is 0.462 e. The van der Waals surface area contributed by atoms with E-state index in [1.165, 1.54) is 24.3 Å². The van der Waals surface area contributed by atoms with Crippen molar-refractivity contribution in [1.29, 1.82) is 0 Å². The fourth-order valence-corrected chi connectivity index (χ4v) is 2.97. The molecule has 2 aromatic carbocycles. The van der Waals surface area contributed by atoms with Gasteiger partial charge in [0, 0.05) is 4.47 Å². The molecule has 1 unspecified atom stereocenters. The summed E-state index contributed by atoms with van der Waals surface area (Å²) < 4.78 is 47.0. The van der Waals surface area contributed by atoms with E-state index in [2.05, 4.69) is 25.7 Å². The number of benzene rings is 2.